The summed E-state index contributed by atoms with van der Waals surface area (Å²) in [7, 11) is -3.13. The van der Waals surface area contributed by atoms with Crippen molar-refractivity contribution in [1.82, 2.24) is 0 Å². The summed E-state index contributed by atoms with van der Waals surface area (Å²) in [6.07, 6.45) is 8.06. The van der Waals surface area contributed by atoms with Gasteiger partial charge in [0, 0.05) is 12.0 Å². The van der Waals surface area contributed by atoms with E-state index in [0.29, 0.717) is 26.1 Å². The highest BCUT2D eigenvalue weighted by Crippen LogP contribution is 2.56. The van der Waals surface area contributed by atoms with E-state index in [4.69, 9.17) is 56.3 Å². The standard InChI is InChI=1S/C79H110N4O13P/c1-6-10-11-12-13-14-15-16-17-18-19-20-21-22-23-42-55-92-97(84,96-83(7-2,8-3)9-4)95-78-73(85-5)74(89-59-66-49-36-27-37-50-66)75(90-60-67-51-38-28-39-52-67)76(91-61-68-53-40-29-41-54-68)77(78)94-79-70(81-82-80)72(88-58-65-47-34-26-35-48-65)71(87-57-64-45-32-25-33-46-64)69(93-79)62-86-56-63-43-30-24-31-44-63/h24-41,43-54,69-79H,6-23,42,55-62H2,1-5H3/q+1/t69-,70-,71+,72-,73-,74+,75-,76+,77-,78-,79-,97?/m1/s1. The van der Waals surface area contributed by atoms with E-state index in [1.54, 1.807) is 7.11 Å². The quantitative estimate of drug-likeness (QED) is 0.00671. The van der Waals surface area contributed by atoms with Crippen LogP contribution in [-0.4, -0.2) is 112 Å². The van der Waals surface area contributed by atoms with Gasteiger partial charge in [0.15, 0.2) is 6.29 Å². The van der Waals surface area contributed by atoms with Crippen molar-refractivity contribution in [2.75, 3.05) is 40.0 Å². The summed E-state index contributed by atoms with van der Waals surface area (Å²) in [5.74, 6) is 0. The second-order valence-electron chi connectivity index (χ2n) is 25.6. The highest BCUT2D eigenvalue weighted by atomic mass is 31.2. The van der Waals surface area contributed by atoms with Gasteiger partial charge in [-0.15, -0.1) is 0 Å². The van der Waals surface area contributed by atoms with Crippen molar-refractivity contribution in [1.29, 1.82) is 0 Å². The van der Waals surface area contributed by atoms with Crippen LogP contribution in [0.25, 0.3) is 10.4 Å². The van der Waals surface area contributed by atoms with Crippen LogP contribution in [0, 0.1) is 0 Å². The molecular formula is C79H110N4O13P+. The number of unbranched alkanes of at least 4 members (excludes halogenated alkanes) is 15. The minimum absolute atomic E-state index is 0.00112. The molecule has 1 saturated carbocycles. The third-order valence-corrected chi connectivity index (χ3v) is 20.2. The van der Waals surface area contributed by atoms with E-state index in [1.807, 2.05) is 203 Å². The second kappa shape index (κ2) is 43.8. The maximum absolute atomic E-state index is 16.5. The topological polar surface area (TPSA) is 177 Å². The zero-order valence-corrected chi connectivity index (χ0v) is 59.2. The molecule has 0 radical (unpaired) electrons. The molecule has 6 aromatic rings. The summed E-state index contributed by atoms with van der Waals surface area (Å²) in [6, 6.07) is 57.8. The van der Waals surface area contributed by atoms with Crippen molar-refractivity contribution in [3.63, 3.8) is 0 Å². The predicted octanol–water partition coefficient (Wildman–Crippen LogP) is 18.5. The summed E-state index contributed by atoms with van der Waals surface area (Å²) in [6.45, 7) is 10.6. The van der Waals surface area contributed by atoms with Gasteiger partial charge in [0.25, 0.3) is 0 Å². The van der Waals surface area contributed by atoms with E-state index < -0.39 is 75.1 Å². The molecule has 1 aliphatic carbocycles. The van der Waals surface area contributed by atoms with Crippen LogP contribution in [0.5, 0.6) is 0 Å². The Morgan fingerprint density at radius 1 is 0.433 bits per heavy atom. The first-order valence-electron chi connectivity index (χ1n) is 36.0. The highest BCUT2D eigenvalue weighted by Gasteiger charge is 2.60. The van der Waals surface area contributed by atoms with Gasteiger partial charge in [-0.3, -0.25) is 9.05 Å². The van der Waals surface area contributed by atoms with Crippen LogP contribution in [-0.2, 0) is 101 Å². The number of hydrogen-bond acceptors (Lipinski definition) is 14. The fourth-order valence-electron chi connectivity index (χ4n) is 12.9. The molecule has 0 amide bonds. The SMILES string of the molecule is CCCCCCCCCCCCCCCCCCOP(=O)(O[C@@H]1[C@H](OC)[C@H](OCc2ccccc2)[C@@H](OCc2ccccc2)[C@H](OCc2ccccc2)[C@H]1O[C@H]1O[C@H](COCc2ccccc2)[C@H](OCc2ccccc2)[C@H](OCc2ccccc2)[C@H]1N=[N+]=[N-])O[N+](CC)(CC)CC. The van der Waals surface area contributed by atoms with E-state index in [1.165, 1.54) is 77.0 Å². The van der Waals surface area contributed by atoms with Crippen LogP contribution in [0.1, 0.15) is 164 Å². The number of hydroxylamine groups is 3. The Morgan fingerprint density at radius 2 is 0.784 bits per heavy atom. The summed E-state index contributed by atoms with van der Waals surface area (Å²) in [5, 5.41) is 4.52. The zero-order valence-electron chi connectivity index (χ0n) is 58.3. The van der Waals surface area contributed by atoms with Crippen LogP contribution < -0.4 is 0 Å². The van der Waals surface area contributed by atoms with E-state index in [0.717, 1.165) is 52.6 Å². The fourth-order valence-corrected chi connectivity index (χ4v) is 14.7. The Bertz CT molecular complexity index is 3100. The van der Waals surface area contributed by atoms with E-state index in [2.05, 4.69) is 16.9 Å². The number of rotatable bonds is 48. The molecule has 8 rings (SSSR count). The molecule has 12 atom stereocenters. The Morgan fingerprint density at radius 3 is 1.16 bits per heavy atom. The summed E-state index contributed by atoms with van der Waals surface area (Å²) < 4.78 is 101. The van der Waals surface area contributed by atoms with Crippen molar-refractivity contribution < 1.29 is 65.5 Å². The number of ether oxygens (including phenoxy) is 9. The van der Waals surface area contributed by atoms with Crippen molar-refractivity contribution >= 4 is 7.82 Å². The van der Waals surface area contributed by atoms with Crippen LogP contribution in [0.3, 0.4) is 0 Å². The van der Waals surface area contributed by atoms with Crippen LogP contribution in [0.2, 0.25) is 0 Å². The Kier molecular flexibility index (Phi) is 34.8. The molecule has 17 nitrogen and oxygen atoms in total. The molecule has 18 heteroatoms. The minimum atomic E-state index is -4.70. The first-order valence-corrected chi connectivity index (χ1v) is 37.4. The number of methoxy groups -OCH3 is 1. The molecule has 1 unspecified atom stereocenters. The molecule has 97 heavy (non-hydrogen) atoms. The van der Waals surface area contributed by atoms with Gasteiger partial charge in [-0.2, -0.15) is 4.65 Å². The Balaban J connectivity index is 1.18. The lowest BCUT2D eigenvalue weighted by Gasteiger charge is -2.52. The largest absolute Gasteiger partial charge is 0.521 e. The minimum Gasteiger partial charge on any atom is -0.376 e. The second-order valence-corrected chi connectivity index (χ2v) is 27.1. The third kappa shape index (κ3) is 25.5. The molecule has 1 heterocycles. The molecule has 1 aliphatic heterocycles. The Hall–Kier alpha value is -5.66. The van der Waals surface area contributed by atoms with E-state index in [9.17, 15) is 5.53 Å². The van der Waals surface area contributed by atoms with Gasteiger partial charge in [-0.05, 0) is 66.1 Å². The average molecular weight is 1350 g/mol. The summed E-state index contributed by atoms with van der Waals surface area (Å²) in [5.41, 5.74) is 16.2. The van der Waals surface area contributed by atoms with Crippen LogP contribution >= 0.6 is 7.82 Å². The molecular weight excluding hydrogens is 1240 g/mol. The number of nitrogens with zero attached hydrogens (tertiary/aromatic N) is 4. The molecule has 0 bridgehead atoms. The molecule has 0 N–H and O–H groups in total. The molecule has 6 aromatic carbocycles. The third-order valence-electron chi connectivity index (χ3n) is 18.6. The maximum atomic E-state index is 16.5. The van der Waals surface area contributed by atoms with Gasteiger partial charge in [0.2, 0.25) is 0 Å². The predicted molar refractivity (Wildman–Crippen MR) is 379 cm³/mol. The number of hydrogen-bond donors (Lipinski definition) is 0. The number of azide groups is 1. The first-order chi connectivity index (χ1) is 47.7. The van der Waals surface area contributed by atoms with Gasteiger partial charge in [0.05, 0.1) is 52.9 Å². The van der Waals surface area contributed by atoms with E-state index >= 15 is 4.57 Å². The van der Waals surface area contributed by atoms with Gasteiger partial charge in [-0.25, -0.2) is 4.57 Å². The lowest BCUT2D eigenvalue weighted by molar-refractivity contribution is -1.08. The van der Waals surface area contributed by atoms with Crippen LogP contribution in [0.15, 0.2) is 187 Å². The number of phosphoric acid groups is 1. The molecule has 528 valence electrons. The first kappa shape index (κ1) is 77.1. The molecule has 2 aliphatic rings. The molecule has 0 spiro atoms. The Labute approximate surface area is 578 Å². The smallest absolute Gasteiger partial charge is 0.376 e. The maximum Gasteiger partial charge on any atom is 0.521 e. The average Bonchev–Trinajstić information content (AvgIpc) is 0.754. The summed E-state index contributed by atoms with van der Waals surface area (Å²) in [4.78, 5) is 3.48. The van der Waals surface area contributed by atoms with Gasteiger partial charge < -0.3 is 42.6 Å². The number of phosphoric ester groups is 1. The van der Waals surface area contributed by atoms with Crippen molar-refractivity contribution in [3.05, 3.63) is 226 Å². The molecule has 0 aromatic heterocycles. The normalized spacial score (nSPS) is 22.6. The lowest BCUT2D eigenvalue weighted by Crippen LogP contribution is -2.69. The zero-order chi connectivity index (χ0) is 68.0. The number of quaternary nitrogens is 1. The summed E-state index contributed by atoms with van der Waals surface area (Å²) >= 11 is 0. The van der Waals surface area contributed by atoms with E-state index in [-0.39, 0.29) is 57.5 Å². The van der Waals surface area contributed by atoms with Crippen molar-refractivity contribution in [2.45, 2.75) is 237 Å². The fraction of sp³-hybridized carbons (Fsp3) is 0.544. The highest BCUT2D eigenvalue weighted by molar-refractivity contribution is 7.48. The van der Waals surface area contributed by atoms with Gasteiger partial charge >= 0.3 is 7.82 Å². The van der Waals surface area contributed by atoms with Crippen LogP contribution in [0.4, 0.5) is 0 Å². The van der Waals surface area contributed by atoms with Gasteiger partial charge in [0.1, 0.15) is 80.6 Å². The lowest BCUT2D eigenvalue weighted by atomic mass is 9.83. The molecule has 1 saturated heterocycles. The number of benzene rings is 6. The van der Waals surface area contributed by atoms with Crippen molar-refractivity contribution in [3.8, 4) is 0 Å². The monoisotopic (exact) mass is 1350 g/mol. The van der Waals surface area contributed by atoms with Gasteiger partial charge in [-0.1, -0.05) is 295 Å². The molecule has 2 fully saturated rings. The van der Waals surface area contributed by atoms with Crippen molar-refractivity contribution in [2.24, 2.45) is 5.11 Å².